The molecule has 1 atom stereocenters. The molecule has 0 amide bonds. The van der Waals surface area contributed by atoms with Crippen molar-refractivity contribution in [2.24, 2.45) is 0 Å². The first-order chi connectivity index (χ1) is 8.58. The van der Waals surface area contributed by atoms with Crippen LogP contribution in [0.4, 0.5) is 5.82 Å². The fourth-order valence-corrected chi connectivity index (χ4v) is 2.08. The molecule has 3 nitrogen and oxygen atoms in total. The smallest absolute Gasteiger partial charge is 0.224 e. The highest BCUT2D eigenvalue weighted by atomic mass is 35.5. The van der Waals surface area contributed by atoms with Gasteiger partial charge in [0.25, 0.3) is 0 Å². The van der Waals surface area contributed by atoms with E-state index in [0.717, 1.165) is 0 Å². The van der Waals surface area contributed by atoms with Gasteiger partial charge >= 0.3 is 0 Å². The monoisotopic (exact) mass is 281 g/mol. The molecule has 0 radical (unpaired) electrons. The van der Waals surface area contributed by atoms with Gasteiger partial charge < -0.3 is 5.32 Å². The third-order valence-electron chi connectivity index (χ3n) is 2.72. The lowest BCUT2D eigenvalue weighted by atomic mass is 10.0. The summed E-state index contributed by atoms with van der Waals surface area (Å²) >= 11 is 11.8. The Kier molecular flexibility index (Phi) is 4.04. The predicted molar refractivity (Wildman–Crippen MR) is 75.3 cm³/mol. The minimum Gasteiger partial charge on any atom is -0.362 e. The van der Waals surface area contributed by atoms with E-state index in [1.165, 1.54) is 17.3 Å². The molecule has 0 bridgehead atoms. The second kappa shape index (κ2) is 5.55. The van der Waals surface area contributed by atoms with Crippen molar-refractivity contribution in [2.45, 2.75) is 19.9 Å². The van der Waals surface area contributed by atoms with Gasteiger partial charge in [0.1, 0.15) is 10.8 Å². The third kappa shape index (κ3) is 2.92. The van der Waals surface area contributed by atoms with Crippen LogP contribution in [0.5, 0.6) is 0 Å². The summed E-state index contributed by atoms with van der Waals surface area (Å²) in [6, 6.07) is 8.26. The van der Waals surface area contributed by atoms with Crippen molar-refractivity contribution >= 4 is 29.0 Å². The maximum atomic E-state index is 6.02. The van der Waals surface area contributed by atoms with Gasteiger partial charge in [-0.25, -0.2) is 4.98 Å². The Balaban J connectivity index is 2.24. The van der Waals surface area contributed by atoms with Crippen molar-refractivity contribution in [1.82, 2.24) is 9.97 Å². The quantitative estimate of drug-likeness (QED) is 0.854. The van der Waals surface area contributed by atoms with Gasteiger partial charge in [-0.15, -0.1) is 0 Å². The molecule has 0 aliphatic rings. The summed E-state index contributed by atoms with van der Waals surface area (Å²) in [6.45, 7) is 4.12. The molecule has 0 fully saturated rings. The molecular weight excluding hydrogens is 269 g/mol. The van der Waals surface area contributed by atoms with Crippen LogP contribution in [0.15, 0.2) is 30.5 Å². The maximum Gasteiger partial charge on any atom is 0.224 e. The van der Waals surface area contributed by atoms with E-state index in [0.29, 0.717) is 10.8 Å². The van der Waals surface area contributed by atoms with Gasteiger partial charge in [-0.3, -0.25) is 0 Å². The van der Waals surface area contributed by atoms with Crippen molar-refractivity contribution < 1.29 is 0 Å². The molecule has 94 valence electrons. The van der Waals surface area contributed by atoms with E-state index in [9.17, 15) is 0 Å². The highest BCUT2D eigenvalue weighted by molar-refractivity contribution is 6.33. The van der Waals surface area contributed by atoms with Gasteiger partial charge in [0.15, 0.2) is 0 Å². The van der Waals surface area contributed by atoms with E-state index in [-0.39, 0.29) is 11.3 Å². The molecule has 1 aromatic carbocycles. The molecule has 18 heavy (non-hydrogen) atoms. The number of nitrogens with one attached hydrogen (secondary N) is 1. The molecule has 1 heterocycles. The van der Waals surface area contributed by atoms with E-state index >= 15 is 0 Å². The van der Waals surface area contributed by atoms with Crippen LogP contribution in [-0.2, 0) is 0 Å². The maximum absolute atomic E-state index is 6.02. The predicted octanol–water partition coefficient (Wildman–Crippen LogP) is 4.26. The first-order valence-electron chi connectivity index (χ1n) is 5.58. The van der Waals surface area contributed by atoms with E-state index in [1.54, 1.807) is 0 Å². The summed E-state index contributed by atoms with van der Waals surface area (Å²) in [5.41, 5.74) is 2.41. The van der Waals surface area contributed by atoms with Gasteiger partial charge in [-0.2, -0.15) is 4.98 Å². The molecular formula is C13H13Cl2N3. The average molecular weight is 282 g/mol. The minimum atomic E-state index is 0.0923. The number of aryl methyl sites for hydroxylation is 1. The van der Waals surface area contributed by atoms with Gasteiger partial charge in [0.05, 0.1) is 12.2 Å². The number of benzene rings is 1. The molecule has 0 aliphatic carbocycles. The largest absolute Gasteiger partial charge is 0.362 e. The van der Waals surface area contributed by atoms with Crippen LogP contribution in [0.25, 0.3) is 0 Å². The van der Waals surface area contributed by atoms with Crippen LogP contribution in [0.1, 0.15) is 24.1 Å². The normalized spacial score (nSPS) is 12.2. The zero-order valence-corrected chi connectivity index (χ0v) is 11.6. The fourth-order valence-electron chi connectivity index (χ4n) is 1.80. The van der Waals surface area contributed by atoms with Crippen molar-refractivity contribution in [3.63, 3.8) is 0 Å². The Morgan fingerprint density at radius 2 is 1.94 bits per heavy atom. The van der Waals surface area contributed by atoms with Gasteiger partial charge in [-0.1, -0.05) is 35.9 Å². The molecule has 1 aromatic heterocycles. The first-order valence-corrected chi connectivity index (χ1v) is 6.33. The van der Waals surface area contributed by atoms with Crippen molar-refractivity contribution in [3.8, 4) is 0 Å². The fraction of sp³-hybridized carbons (Fsp3) is 0.231. The zero-order valence-electron chi connectivity index (χ0n) is 10.1. The molecule has 2 aromatic rings. The van der Waals surface area contributed by atoms with Crippen molar-refractivity contribution in [3.05, 3.63) is 51.9 Å². The topological polar surface area (TPSA) is 37.8 Å². The number of aromatic nitrogens is 2. The molecule has 1 N–H and O–H groups in total. The summed E-state index contributed by atoms with van der Waals surface area (Å²) in [7, 11) is 0. The molecule has 0 spiro atoms. The van der Waals surface area contributed by atoms with E-state index in [4.69, 9.17) is 23.2 Å². The van der Waals surface area contributed by atoms with Crippen LogP contribution >= 0.6 is 23.2 Å². The number of nitrogens with zero attached hydrogens (tertiary/aromatic N) is 2. The molecule has 2 rings (SSSR count). The van der Waals surface area contributed by atoms with Crippen molar-refractivity contribution in [2.75, 3.05) is 5.32 Å². The number of halogens is 2. The number of hydrogen-bond acceptors (Lipinski definition) is 3. The lowest BCUT2D eigenvalue weighted by molar-refractivity contribution is 0.862. The number of rotatable bonds is 3. The number of hydrogen-bond donors (Lipinski definition) is 1. The van der Waals surface area contributed by atoms with Gasteiger partial charge in [0.2, 0.25) is 5.28 Å². The molecule has 0 aliphatic heterocycles. The van der Waals surface area contributed by atoms with E-state index < -0.39 is 0 Å². The first kappa shape index (κ1) is 13.1. The Bertz CT molecular complexity index is 558. The summed E-state index contributed by atoms with van der Waals surface area (Å²) in [5.74, 6) is 0.549. The van der Waals surface area contributed by atoms with Gasteiger partial charge in [0, 0.05) is 0 Å². The highest BCUT2D eigenvalue weighted by Gasteiger charge is 2.11. The van der Waals surface area contributed by atoms with Crippen LogP contribution in [0.3, 0.4) is 0 Å². The van der Waals surface area contributed by atoms with Crippen LogP contribution in [-0.4, -0.2) is 9.97 Å². The summed E-state index contributed by atoms with van der Waals surface area (Å²) in [4.78, 5) is 7.90. The Morgan fingerprint density at radius 1 is 1.22 bits per heavy atom. The molecule has 0 saturated carbocycles. The van der Waals surface area contributed by atoms with Gasteiger partial charge in [-0.05, 0) is 36.6 Å². The SMILES string of the molecule is Cc1ccccc1C(C)Nc1nc(Cl)ncc1Cl. The summed E-state index contributed by atoms with van der Waals surface area (Å²) in [6.07, 6.45) is 1.49. The zero-order chi connectivity index (χ0) is 13.1. The lowest BCUT2D eigenvalue weighted by Crippen LogP contribution is -2.10. The second-order valence-corrected chi connectivity index (χ2v) is 4.80. The minimum absolute atomic E-state index is 0.0923. The van der Waals surface area contributed by atoms with Crippen LogP contribution in [0.2, 0.25) is 10.3 Å². The van der Waals surface area contributed by atoms with Crippen LogP contribution < -0.4 is 5.32 Å². The molecule has 5 heteroatoms. The summed E-state index contributed by atoms with van der Waals surface area (Å²) < 4.78 is 0. The Hall–Kier alpha value is -1.32. The Morgan fingerprint density at radius 3 is 2.67 bits per heavy atom. The molecule has 0 saturated heterocycles. The average Bonchev–Trinajstić information content (AvgIpc) is 2.34. The Labute approximate surface area is 116 Å². The standard InChI is InChI=1S/C13H13Cl2N3/c1-8-5-3-4-6-10(8)9(2)17-12-11(14)7-16-13(15)18-12/h3-7,9H,1-2H3,(H,16,17,18). The summed E-state index contributed by atoms with van der Waals surface area (Å²) in [5, 5.41) is 3.88. The van der Waals surface area contributed by atoms with Crippen molar-refractivity contribution in [1.29, 1.82) is 0 Å². The molecule has 1 unspecified atom stereocenters. The lowest BCUT2D eigenvalue weighted by Gasteiger charge is -2.17. The third-order valence-corrected chi connectivity index (χ3v) is 3.18. The number of anilines is 1. The van der Waals surface area contributed by atoms with Crippen LogP contribution in [0, 0.1) is 6.92 Å². The highest BCUT2D eigenvalue weighted by Crippen LogP contribution is 2.25. The van der Waals surface area contributed by atoms with E-state index in [2.05, 4.69) is 41.3 Å². The van der Waals surface area contributed by atoms with E-state index in [1.807, 2.05) is 12.1 Å². The second-order valence-electron chi connectivity index (χ2n) is 4.06.